The van der Waals surface area contributed by atoms with Crippen molar-refractivity contribution < 1.29 is 14.2 Å². The van der Waals surface area contributed by atoms with E-state index in [1.165, 1.54) is 5.56 Å². The molecule has 1 saturated heterocycles. The third-order valence-electron chi connectivity index (χ3n) is 7.14. The number of hydrogen-bond acceptors (Lipinski definition) is 8. The Kier molecular flexibility index (Phi) is 6.35. The number of aromatic amines is 1. The molecule has 4 heterocycles. The number of nitrogens with one attached hydrogen (secondary N) is 1. The van der Waals surface area contributed by atoms with E-state index in [9.17, 15) is 4.79 Å². The van der Waals surface area contributed by atoms with Gasteiger partial charge >= 0.3 is 0 Å². The van der Waals surface area contributed by atoms with E-state index in [2.05, 4.69) is 45.3 Å². The lowest BCUT2D eigenvalue weighted by atomic mass is 10.0. The van der Waals surface area contributed by atoms with Gasteiger partial charge in [-0.2, -0.15) is 0 Å². The molecule has 10 nitrogen and oxygen atoms in total. The zero-order valence-corrected chi connectivity index (χ0v) is 21.1. The summed E-state index contributed by atoms with van der Waals surface area (Å²) in [6.45, 7) is 7.24. The van der Waals surface area contributed by atoms with Gasteiger partial charge in [0.15, 0.2) is 17.3 Å². The number of rotatable bonds is 8. The first-order chi connectivity index (χ1) is 18.0. The van der Waals surface area contributed by atoms with Gasteiger partial charge < -0.3 is 19.2 Å². The first-order valence-corrected chi connectivity index (χ1v) is 12.6. The van der Waals surface area contributed by atoms with Crippen LogP contribution < -0.4 is 15.0 Å². The van der Waals surface area contributed by atoms with E-state index >= 15 is 0 Å². The second kappa shape index (κ2) is 9.95. The van der Waals surface area contributed by atoms with Crippen LogP contribution in [0.2, 0.25) is 0 Å². The van der Waals surface area contributed by atoms with Crippen LogP contribution in [0.15, 0.2) is 41.2 Å². The van der Waals surface area contributed by atoms with Gasteiger partial charge in [0.05, 0.1) is 19.2 Å². The van der Waals surface area contributed by atoms with Crippen molar-refractivity contribution in [3.05, 3.63) is 74.8 Å². The van der Waals surface area contributed by atoms with Crippen LogP contribution in [0.3, 0.4) is 0 Å². The Morgan fingerprint density at radius 3 is 2.78 bits per heavy atom. The number of fused-ring (bicyclic) bond motifs is 2. The molecule has 0 amide bonds. The Bertz CT molecular complexity index is 1490. The van der Waals surface area contributed by atoms with Crippen LogP contribution in [0.25, 0.3) is 10.9 Å². The molecular weight excluding hydrogens is 472 g/mol. The van der Waals surface area contributed by atoms with E-state index in [0.717, 1.165) is 58.8 Å². The van der Waals surface area contributed by atoms with Crippen LogP contribution in [0.4, 0.5) is 0 Å². The monoisotopic (exact) mass is 502 g/mol. The molecule has 2 aliphatic rings. The van der Waals surface area contributed by atoms with Crippen LogP contribution in [0, 0.1) is 13.8 Å². The number of nitrogens with zero attached hydrogens (tertiary/aromatic N) is 5. The summed E-state index contributed by atoms with van der Waals surface area (Å²) >= 11 is 0. The Morgan fingerprint density at radius 1 is 1.05 bits per heavy atom. The highest BCUT2D eigenvalue weighted by molar-refractivity contribution is 5.80. The predicted molar refractivity (Wildman–Crippen MR) is 136 cm³/mol. The van der Waals surface area contributed by atoms with E-state index in [1.807, 2.05) is 35.0 Å². The highest BCUT2D eigenvalue weighted by atomic mass is 16.7. The lowest BCUT2D eigenvalue weighted by Crippen LogP contribution is -2.29. The second-order valence-corrected chi connectivity index (χ2v) is 9.89. The fourth-order valence-corrected chi connectivity index (χ4v) is 5.01. The third kappa shape index (κ3) is 5.07. The second-order valence-electron chi connectivity index (χ2n) is 9.89. The third-order valence-corrected chi connectivity index (χ3v) is 7.14. The number of pyridine rings is 1. The Morgan fingerprint density at radius 2 is 1.92 bits per heavy atom. The average Bonchev–Trinajstić information content (AvgIpc) is 3.64. The molecule has 37 heavy (non-hydrogen) atoms. The van der Waals surface area contributed by atoms with Crippen LogP contribution in [0.5, 0.6) is 11.5 Å². The van der Waals surface area contributed by atoms with E-state index < -0.39 is 0 Å². The van der Waals surface area contributed by atoms with Gasteiger partial charge in [-0.15, -0.1) is 5.10 Å². The molecule has 10 heteroatoms. The molecule has 1 fully saturated rings. The fraction of sp³-hybridized carbons (Fsp3) is 0.407. The van der Waals surface area contributed by atoms with Crippen molar-refractivity contribution in [1.29, 1.82) is 0 Å². The lowest BCUT2D eigenvalue weighted by Gasteiger charge is -2.22. The minimum atomic E-state index is -0.0922. The van der Waals surface area contributed by atoms with Gasteiger partial charge in [0.25, 0.3) is 5.56 Å². The lowest BCUT2D eigenvalue weighted by molar-refractivity contribution is 0.0914. The number of H-pyrrole nitrogens is 1. The first-order valence-electron chi connectivity index (χ1n) is 12.6. The van der Waals surface area contributed by atoms with Crippen molar-refractivity contribution in [2.24, 2.45) is 0 Å². The molecule has 1 atom stereocenters. The van der Waals surface area contributed by atoms with Gasteiger partial charge in [-0.1, -0.05) is 6.07 Å². The van der Waals surface area contributed by atoms with Crippen molar-refractivity contribution in [2.45, 2.75) is 59.0 Å². The smallest absolute Gasteiger partial charge is 0.252 e. The number of ether oxygens (including phenoxy) is 3. The summed E-state index contributed by atoms with van der Waals surface area (Å²) in [4.78, 5) is 18.3. The van der Waals surface area contributed by atoms with Gasteiger partial charge in [0.2, 0.25) is 6.79 Å². The quantitative estimate of drug-likeness (QED) is 0.391. The molecule has 0 aliphatic carbocycles. The topological polar surface area (TPSA) is 107 Å². The summed E-state index contributed by atoms with van der Waals surface area (Å²) in [7, 11) is 0. The van der Waals surface area contributed by atoms with E-state index in [4.69, 9.17) is 14.2 Å². The summed E-state index contributed by atoms with van der Waals surface area (Å²) in [6.07, 6.45) is 2.19. The zero-order valence-electron chi connectivity index (χ0n) is 21.1. The average molecular weight is 503 g/mol. The molecule has 0 radical (unpaired) electrons. The van der Waals surface area contributed by atoms with Crippen LogP contribution >= 0.6 is 0 Å². The Hall–Kier alpha value is -3.76. The molecule has 4 aromatic rings. The highest BCUT2D eigenvalue weighted by Gasteiger charge is 2.22. The molecule has 1 N–H and O–H groups in total. The maximum atomic E-state index is 13.1. The van der Waals surface area contributed by atoms with Crippen LogP contribution in [-0.4, -0.2) is 49.6 Å². The molecule has 0 spiro atoms. The number of tetrazole rings is 1. The number of aromatic nitrogens is 5. The fourth-order valence-electron chi connectivity index (χ4n) is 5.01. The van der Waals surface area contributed by atoms with Gasteiger partial charge in [0.1, 0.15) is 0 Å². The molecule has 0 unspecified atom stereocenters. The summed E-state index contributed by atoms with van der Waals surface area (Å²) < 4.78 is 18.7. The minimum absolute atomic E-state index is 0.0922. The molecule has 192 valence electrons. The summed E-state index contributed by atoms with van der Waals surface area (Å²) in [5, 5.41) is 13.5. The van der Waals surface area contributed by atoms with E-state index in [1.54, 1.807) is 0 Å². The van der Waals surface area contributed by atoms with Gasteiger partial charge in [-0.3, -0.25) is 9.69 Å². The molecule has 2 aromatic carbocycles. The summed E-state index contributed by atoms with van der Waals surface area (Å²) in [6, 6.07) is 12.1. The maximum absolute atomic E-state index is 13.1. The molecule has 0 bridgehead atoms. The van der Waals surface area contributed by atoms with E-state index in [0.29, 0.717) is 31.7 Å². The van der Waals surface area contributed by atoms with Crippen molar-refractivity contribution in [1.82, 2.24) is 30.1 Å². The molecular formula is C27H30N6O4. The van der Waals surface area contributed by atoms with Gasteiger partial charge in [-0.25, -0.2) is 4.68 Å². The van der Waals surface area contributed by atoms with Crippen molar-refractivity contribution in [3.63, 3.8) is 0 Å². The largest absolute Gasteiger partial charge is 0.454 e. The molecule has 2 aliphatic heterocycles. The highest BCUT2D eigenvalue weighted by Crippen LogP contribution is 2.33. The van der Waals surface area contributed by atoms with Crippen molar-refractivity contribution >= 4 is 10.9 Å². The normalized spacial score (nSPS) is 16.8. The van der Waals surface area contributed by atoms with Crippen LogP contribution in [0.1, 0.15) is 40.9 Å². The minimum Gasteiger partial charge on any atom is -0.454 e. The molecule has 6 rings (SSSR count). The number of hydrogen-bond donors (Lipinski definition) is 1. The zero-order chi connectivity index (χ0) is 25.4. The Balaban J connectivity index is 1.30. The standard InChI is InChI=1S/C27H30N6O4/c1-17-8-20-11-21(27(34)28-23(20)9-18(17)2)13-32(12-19-5-6-24-25(10-19)37-16-36-24)15-26-29-30-31-33(26)14-22-4-3-7-35-22/h5-6,8-11,22H,3-4,7,12-16H2,1-2H3,(H,28,34)/t22-/m1/s1. The van der Waals surface area contributed by atoms with Gasteiger partial charge in [0, 0.05) is 30.8 Å². The van der Waals surface area contributed by atoms with Crippen molar-refractivity contribution in [2.75, 3.05) is 13.4 Å². The van der Waals surface area contributed by atoms with Crippen molar-refractivity contribution in [3.8, 4) is 11.5 Å². The SMILES string of the molecule is Cc1cc2cc(CN(Cc3ccc4c(c3)OCO4)Cc3nnnn3C[C@H]3CCCO3)c(=O)[nH]c2cc1C. The van der Waals surface area contributed by atoms with E-state index in [-0.39, 0.29) is 18.5 Å². The Labute approximate surface area is 214 Å². The number of aryl methyl sites for hydroxylation is 2. The molecule has 2 aromatic heterocycles. The predicted octanol–water partition coefficient (Wildman–Crippen LogP) is 3.24. The summed E-state index contributed by atoms with van der Waals surface area (Å²) in [5.74, 6) is 2.21. The van der Waals surface area contributed by atoms with Crippen LogP contribution in [-0.2, 0) is 30.9 Å². The maximum Gasteiger partial charge on any atom is 0.252 e. The number of benzene rings is 2. The molecule has 0 saturated carbocycles. The van der Waals surface area contributed by atoms with Gasteiger partial charge in [-0.05, 0) is 89.5 Å². The first kappa shape index (κ1) is 23.6. The summed E-state index contributed by atoms with van der Waals surface area (Å²) in [5.41, 5.74) is 4.83.